The van der Waals surface area contributed by atoms with Crippen molar-refractivity contribution in [3.05, 3.63) is 35.4 Å². The third-order valence-corrected chi connectivity index (χ3v) is 2.44. The molecule has 0 spiro atoms. The smallest absolute Gasteiger partial charge is 0.414 e. The van der Waals surface area contributed by atoms with Gasteiger partial charge in [0.2, 0.25) is 0 Å². The summed E-state index contributed by atoms with van der Waals surface area (Å²) in [7, 11) is 0. The second kappa shape index (κ2) is 6.65. The first-order valence-electron chi connectivity index (χ1n) is 5.35. The van der Waals surface area contributed by atoms with Gasteiger partial charge in [-0.1, -0.05) is 24.3 Å². The minimum atomic E-state index is -1.82. The normalized spacial score (nSPS) is 13.6. The molecule has 5 nitrogen and oxygen atoms in total. The predicted molar refractivity (Wildman–Crippen MR) is 62.0 cm³/mol. The monoisotopic (exact) mass is 237 g/mol. The van der Waals surface area contributed by atoms with E-state index in [0.717, 1.165) is 13.1 Å². The van der Waals surface area contributed by atoms with Gasteiger partial charge in [0.1, 0.15) is 0 Å². The average molecular weight is 237 g/mol. The van der Waals surface area contributed by atoms with Gasteiger partial charge in [0, 0.05) is 0 Å². The van der Waals surface area contributed by atoms with E-state index in [1.54, 1.807) is 0 Å². The minimum Gasteiger partial charge on any atom is -0.473 e. The van der Waals surface area contributed by atoms with Gasteiger partial charge < -0.3 is 15.5 Å². The molecule has 0 fully saturated rings. The summed E-state index contributed by atoms with van der Waals surface area (Å²) in [6.07, 6.45) is 2.38. The number of carbonyl (C=O) groups is 2. The first kappa shape index (κ1) is 13.2. The van der Waals surface area contributed by atoms with Crippen LogP contribution in [0.5, 0.6) is 0 Å². The lowest BCUT2D eigenvalue weighted by Gasteiger charge is -2.01. The molecule has 0 aromatic heterocycles. The van der Waals surface area contributed by atoms with E-state index in [0.29, 0.717) is 0 Å². The molecular weight excluding hydrogens is 222 g/mol. The van der Waals surface area contributed by atoms with Gasteiger partial charge in [-0.25, -0.2) is 9.59 Å². The number of hydrogen-bond acceptors (Lipinski definition) is 3. The SMILES string of the molecule is O=C(O)C(=O)O.c1ccc2c(c1)CCNCC2. The molecule has 92 valence electrons. The Balaban J connectivity index is 0.000000209. The summed E-state index contributed by atoms with van der Waals surface area (Å²) in [6, 6.07) is 8.74. The molecule has 1 aliphatic rings. The molecule has 5 heteroatoms. The van der Waals surface area contributed by atoms with E-state index in [1.807, 2.05) is 0 Å². The maximum absolute atomic E-state index is 9.10. The van der Waals surface area contributed by atoms with Crippen LogP contribution in [0.3, 0.4) is 0 Å². The van der Waals surface area contributed by atoms with Gasteiger partial charge in [0.25, 0.3) is 0 Å². The van der Waals surface area contributed by atoms with Gasteiger partial charge in [-0.05, 0) is 37.1 Å². The summed E-state index contributed by atoms with van der Waals surface area (Å²) in [5.41, 5.74) is 3.05. The van der Waals surface area contributed by atoms with Crippen molar-refractivity contribution in [2.75, 3.05) is 13.1 Å². The topological polar surface area (TPSA) is 86.6 Å². The minimum absolute atomic E-state index is 1.14. The highest BCUT2D eigenvalue weighted by atomic mass is 16.4. The molecule has 1 aromatic rings. The van der Waals surface area contributed by atoms with E-state index < -0.39 is 11.9 Å². The Morgan fingerprint density at radius 3 is 1.71 bits per heavy atom. The van der Waals surface area contributed by atoms with Crippen molar-refractivity contribution in [2.45, 2.75) is 12.8 Å². The summed E-state index contributed by atoms with van der Waals surface area (Å²) >= 11 is 0. The fourth-order valence-electron chi connectivity index (χ4n) is 1.62. The van der Waals surface area contributed by atoms with Crippen LogP contribution in [0, 0.1) is 0 Å². The Hall–Kier alpha value is -1.88. The van der Waals surface area contributed by atoms with Crippen molar-refractivity contribution in [2.24, 2.45) is 0 Å². The molecule has 1 aromatic carbocycles. The number of hydrogen-bond donors (Lipinski definition) is 3. The summed E-state index contributed by atoms with van der Waals surface area (Å²) in [4.78, 5) is 18.2. The van der Waals surface area contributed by atoms with E-state index >= 15 is 0 Å². The number of fused-ring (bicyclic) bond motifs is 1. The molecule has 0 saturated heterocycles. The maximum Gasteiger partial charge on any atom is 0.414 e. The van der Waals surface area contributed by atoms with E-state index in [-0.39, 0.29) is 0 Å². The number of aliphatic carboxylic acids is 2. The lowest BCUT2D eigenvalue weighted by molar-refractivity contribution is -0.159. The van der Waals surface area contributed by atoms with E-state index in [9.17, 15) is 0 Å². The first-order chi connectivity index (χ1) is 8.11. The highest BCUT2D eigenvalue weighted by molar-refractivity contribution is 6.27. The molecule has 3 N–H and O–H groups in total. The molecule has 1 heterocycles. The standard InChI is InChI=1S/C10H13N.C2H2O4/c1-2-4-10-6-8-11-7-5-9(10)3-1;3-1(4)2(5)6/h1-4,11H,5-8H2;(H,3,4)(H,5,6). The fourth-order valence-corrected chi connectivity index (χ4v) is 1.62. The molecule has 0 radical (unpaired) electrons. The molecule has 17 heavy (non-hydrogen) atoms. The van der Waals surface area contributed by atoms with E-state index in [2.05, 4.69) is 29.6 Å². The van der Waals surface area contributed by atoms with Gasteiger partial charge in [0.05, 0.1) is 0 Å². The van der Waals surface area contributed by atoms with E-state index in [4.69, 9.17) is 19.8 Å². The first-order valence-corrected chi connectivity index (χ1v) is 5.35. The summed E-state index contributed by atoms with van der Waals surface area (Å²) in [5, 5.41) is 18.2. The molecule has 1 aliphatic heterocycles. The predicted octanol–water partition coefficient (Wildman–Crippen LogP) is 0.530. The second-order valence-electron chi connectivity index (χ2n) is 3.63. The van der Waals surface area contributed by atoms with Crippen LogP contribution in [0.4, 0.5) is 0 Å². The molecule has 0 bridgehead atoms. The van der Waals surface area contributed by atoms with Crippen LogP contribution in [0.2, 0.25) is 0 Å². The van der Waals surface area contributed by atoms with Gasteiger partial charge in [-0.15, -0.1) is 0 Å². The molecule has 0 unspecified atom stereocenters. The quantitative estimate of drug-likeness (QED) is 0.573. The Morgan fingerprint density at radius 2 is 1.35 bits per heavy atom. The third kappa shape index (κ3) is 4.65. The van der Waals surface area contributed by atoms with Gasteiger partial charge in [-0.3, -0.25) is 0 Å². The molecule has 0 amide bonds. The number of carboxylic acid groups (broad SMARTS) is 2. The van der Waals surface area contributed by atoms with Crippen molar-refractivity contribution >= 4 is 11.9 Å². The zero-order valence-electron chi connectivity index (χ0n) is 9.35. The Labute approximate surface area is 99.1 Å². The number of nitrogens with one attached hydrogen (secondary N) is 1. The van der Waals surface area contributed by atoms with Crippen molar-refractivity contribution in [3.8, 4) is 0 Å². The molecule has 2 rings (SSSR count). The molecule has 0 aliphatic carbocycles. The summed E-state index contributed by atoms with van der Waals surface area (Å²) in [5.74, 6) is -3.65. The average Bonchev–Trinajstić information content (AvgIpc) is 2.54. The number of benzene rings is 1. The Bertz CT molecular complexity index is 366. The maximum atomic E-state index is 9.10. The van der Waals surface area contributed by atoms with Crippen LogP contribution in [0.15, 0.2) is 24.3 Å². The Kier molecular flexibility index (Phi) is 5.16. The molecule has 0 atom stereocenters. The highest BCUT2D eigenvalue weighted by Crippen LogP contribution is 2.11. The van der Waals surface area contributed by atoms with Crippen LogP contribution >= 0.6 is 0 Å². The molecular formula is C12H15NO4. The largest absolute Gasteiger partial charge is 0.473 e. The van der Waals surface area contributed by atoms with Crippen molar-refractivity contribution in [1.29, 1.82) is 0 Å². The molecule has 0 saturated carbocycles. The highest BCUT2D eigenvalue weighted by Gasteiger charge is 2.04. The fraction of sp³-hybridized carbons (Fsp3) is 0.333. The van der Waals surface area contributed by atoms with Gasteiger partial charge in [0.15, 0.2) is 0 Å². The van der Waals surface area contributed by atoms with Crippen LogP contribution < -0.4 is 5.32 Å². The number of rotatable bonds is 0. The second-order valence-corrected chi connectivity index (χ2v) is 3.63. The lowest BCUT2D eigenvalue weighted by Crippen LogP contribution is -2.16. The van der Waals surface area contributed by atoms with Crippen LogP contribution in [0.1, 0.15) is 11.1 Å². The van der Waals surface area contributed by atoms with Gasteiger partial charge in [-0.2, -0.15) is 0 Å². The van der Waals surface area contributed by atoms with E-state index in [1.165, 1.54) is 24.0 Å². The van der Waals surface area contributed by atoms with Crippen molar-refractivity contribution < 1.29 is 19.8 Å². The van der Waals surface area contributed by atoms with Crippen LogP contribution in [-0.4, -0.2) is 35.2 Å². The van der Waals surface area contributed by atoms with Crippen molar-refractivity contribution in [3.63, 3.8) is 0 Å². The number of carboxylic acids is 2. The summed E-state index contributed by atoms with van der Waals surface area (Å²) < 4.78 is 0. The Morgan fingerprint density at radius 1 is 0.941 bits per heavy atom. The zero-order chi connectivity index (χ0) is 12.7. The zero-order valence-corrected chi connectivity index (χ0v) is 9.35. The van der Waals surface area contributed by atoms with Crippen LogP contribution in [-0.2, 0) is 22.4 Å². The summed E-state index contributed by atoms with van der Waals surface area (Å²) in [6.45, 7) is 2.27. The third-order valence-electron chi connectivity index (χ3n) is 2.44. The van der Waals surface area contributed by atoms with Gasteiger partial charge >= 0.3 is 11.9 Å². The lowest BCUT2D eigenvalue weighted by atomic mass is 10.0. The van der Waals surface area contributed by atoms with Crippen molar-refractivity contribution in [1.82, 2.24) is 5.32 Å². The van der Waals surface area contributed by atoms with Crippen LogP contribution in [0.25, 0.3) is 0 Å².